The lowest BCUT2D eigenvalue weighted by Gasteiger charge is -2.32. The van der Waals surface area contributed by atoms with E-state index in [9.17, 15) is 22.8 Å². The molecule has 4 rings (SSSR count). The second-order valence-corrected chi connectivity index (χ2v) is 9.41. The van der Waals surface area contributed by atoms with Gasteiger partial charge in [0.25, 0.3) is 11.8 Å². The summed E-state index contributed by atoms with van der Waals surface area (Å²) in [6.45, 7) is 0.222. The van der Waals surface area contributed by atoms with Gasteiger partial charge in [-0.05, 0) is 37.1 Å². The van der Waals surface area contributed by atoms with Gasteiger partial charge in [-0.15, -0.1) is 0 Å². The third-order valence-corrected chi connectivity index (χ3v) is 7.76. The molecule has 8 heteroatoms. The molecule has 0 atom stereocenters. The molecule has 2 aromatic carbocycles. The van der Waals surface area contributed by atoms with Crippen molar-refractivity contribution < 1.29 is 22.8 Å². The first-order valence-electron chi connectivity index (χ1n) is 9.41. The van der Waals surface area contributed by atoms with Crippen LogP contribution in [-0.2, 0) is 14.6 Å². The molecule has 0 radical (unpaired) electrons. The van der Waals surface area contributed by atoms with Crippen LogP contribution in [0.2, 0.25) is 0 Å². The van der Waals surface area contributed by atoms with Crippen LogP contribution in [0.3, 0.4) is 0 Å². The minimum Gasteiger partial charge on any atom is -0.341 e. The third kappa shape index (κ3) is 3.44. The number of imide groups is 1. The number of amides is 3. The van der Waals surface area contributed by atoms with Crippen molar-refractivity contribution in [1.82, 2.24) is 9.80 Å². The molecule has 2 aliphatic heterocycles. The summed E-state index contributed by atoms with van der Waals surface area (Å²) >= 11 is 0. The number of piperidine rings is 1. The SMILES string of the molecule is O=C(CN1C(=O)c2ccccc2C1=O)N1CCC(S(=O)(=O)c2ccccc2)CC1. The fraction of sp³-hybridized carbons (Fsp3) is 0.286. The average molecular weight is 412 g/mol. The minimum atomic E-state index is -3.44. The molecular formula is C21H20N2O5S. The molecule has 1 fully saturated rings. The van der Waals surface area contributed by atoms with E-state index in [-0.39, 0.29) is 30.4 Å². The molecule has 0 aliphatic carbocycles. The van der Waals surface area contributed by atoms with Crippen LogP contribution in [0.1, 0.15) is 33.6 Å². The van der Waals surface area contributed by atoms with E-state index in [1.165, 1.54) is 4.90 Å². The Morgan fingerprint density at radius 3 is 1.93 bits per heavy atom. The van der Waals surface area contributed by atoms with Gasteiger partial charge in [0, 0.05) is 13.1 Å². The van der Waals surface area contributed by atoms with E-state index in [1.807, 2.05) is 0 Å². The molecule has 0 unspecified atom stereocenters. The van der Waals surface area contributed by atoms with Gasteiger partial charge in [-0.3, -0.25) is 19.3 Å². The second kappa shape index (κ2) is 7.44. The summed E-state index contributed by atoms with van der Waals surface area (Å²) in [4.78, 5) is 40.3. The predicted molar refractivity (Wildman–Crippen MR) is 105 cm³/mol. The lowest BCUT2D eigenvalue weighted by atomic mass is 10.1. The Morgan fingerprint density at radius 1 is 0.862 bits per heavy atom. The van der Waals surface area contributed by atoms with E-state index in [1.54, 1.807) is 54.6 Å². The minimum absolute atomic E-state index is 0.277. The molecule has 1 saturated heterocycles. The van der Waals surface area contributed by atoms with Gasteiger partial charge in [-0.25, -0.2) is 8.42 Å². The molecule has 7 nitrogen and oxygen atoms in total. The van der Waals surface area contributed by atoms with Gasteiger partial charge >= 0.3 is 0 Å². The molecule has 0 N–H and O–H groups in total. The molecule has 0 saturated carbocycles. The highest BCUT2D eigenvalue weighted by Gasteiger charge is 2.38. The molecule has 0 spiro atoms. The van der Waals surface area contributed by atoms with Crippen molar-refractivity contribution in [1.29, 1.82) is 0 Å². The summed E-state index contributed by atoms with van der Waals surface area (Å²) in [6, 6.07) is 14.8. The molecule has 0 bridgehead atoms. The Morgan fingerprint density at radius 2 is 1.38 bits per heavy atom. The Bertz CT molecular complexity index is 1040. The van der Waals surface area contributed by atoms with Crippen molar-refractivity contribution in [2.45, 2.75) is 23.0 Å². The summed E-state index contributed by atoms with van der Waals surface area (Å²) in [5.74, 6) is -1.30. The average Bonchev–Trinajstić information content (AvgIpc) is 2.99. The number of likely N-dealkylation sites (tertiary alicyclic amines) is 1. The molecule has 2 aromatic rings. The summed E-state index contributed by atoms with van der Waals surface area (Å²) in [6.07, 6.45) is 0.649. The fourth-order valence-electron chi connectivity index (χ4n) is 3.84. The number of carbonyl (C=O) groups excluding carboxylic acids is 3. The number of benzene rings is 2. The second-order valence-electron chi connectivity index (χ2n) is 7.18. The van der Waals surface area contributed by atoms with E-state index >= 15 is 0 Å². The number of carbonyl (C=O) groups is 3. The normalized spacial score (nSPS) is 17.5. The largest absolute Gasteiger partial charge is 0.341 e. The standard InChI is InChI=1S/C21H20N2O5S/c24-19(14-23-20(25)17-8-4-5-9-18(17)21(23)26)22-12-10-16(11-13-22)29(27,28)15-6-2-1-3-7-15/h1-9,16H,10-14H2. The first-order chi connectivity index (χ1) is 13.9. The van der Waals surface area contributed by atoms with Crippen molar-refractivity contribution in [3.8, 4) is 0 Å². The maximum absolute atomic E-state index is 12.8. The third-order valence-electron chi connectivity index (χ3n) is 5.48. The van der Waals surface area contributed by atoms with E-state index < -0.39 is 26.9 Å². The molecule has 3 amide bonds. The monoisotopic (exact) mass is 412 g/mol. The Hall–Kier alpha value is -3.00. The number of sulfone groups is 1. The van der Waals surface area contributed by atoms with Crippen molar-refractivity contribution in [2.24, 2.45) is 0 Å². The highest BCUT2D eigenvalue weighted by molar-refractivity contribution is 7.92. The van der Waals surface area contributed by atoms with Gasteiger partial charge in [0.05, 0.1) is 21.3 Å². The lowest BCUT2D eigenvalue weighted by molar-refractivity contribution is -0.132. The van der Waals surface area contributed by atoms with Crippen molar-refractivity contribution >= 4 is 27.6 Å². The van der Waals surface area contributed by atoms with E-state index in [0.717, 1.165) is 4.90 Å². The Labute approximate surface area is 168 Å². The topological polar surface area (TPSA) is 91.8 Å². The van der Waals surface area contributed by atoms with Crippen molar-refractivity contribution in [3.05, 3.63) is 65.7 Å². The van der Waals surface area contributed by atoms with Crippen LogP contribution in [0.4, 0.5) is 0 Å². The fourth-order valence-corrected chi connectivity index (χ4v) is 5.59. The van der Waals surface area contributed by atoms with Gasteiger partial charge in [0.2, 0.25) is 5.91 Å². The van der Waals surface area contributed by atoms with Gasteiger partial charge in [-0.2, -0.15) is 0 Å². The maximum Gasteiger partial charge on any atom is 0.262 e. The Balaban J connectivity index is 1.39. The van der Waals surface area contributed by atoms with Crippen LogP contribution in [0, 0.1) is 0 Å². The molecule has 2 aliphatic rings. The van der Waals surface area contributed by atoms with Gasteiger partial charge < -0.3 is 4.90 Å². The smallest absolute Gasteiger partial charge is 0.262 e. The van der Waals surface area contributed by atoms with Crippen LogP contribution in [-0.4, -0.2) is 60.8 Å². The van der Waals surface area contributed by atoms with Gasteiger partial charge in [0.15, 0.2) is 9.84 Å². The van der Waals surface area contributed by atoms with E-state index in [0.29, 0.717) is 24.0 Å². The maximum atomic E-state index is 12.8. The van der Waals surface area contributed by atoms with Crippen molar-refractivity contribution in [3.63, 3.8) is 0 Å². The number of nitrogens with zero attached hydrogens (tertiary/aromatic N) is 2. The first kappa shape index (κ1) is 19.3. The van der Waals surface area contributed by atoms with E-state index in [4.69, 9.17) is 0 Å². The summed E-state index contributed by atoms with van der Waals surface area (Å²) in [5, 5.41) is -0.548. The lowest BCUT2D eigenvalue weighted by Crippen LogP contribution is -2.47. The van der Waals surface area contributed by atoms with Crippen LogP contribution >= 0.6 is 0 Å². The Kier molecular flexibility index (Phi) is 4.96. The zero-order valence-corrected chi connectivity index (χ0v) is 16.5. The number of hydrogen-bond donors (Lipinski definition) is 0. The highest BCUT2D eigenvalue weighted by Crippen LogP contribution is 2.26. The highest BCUT2D eigenvalue weighted by atomic mass is 32.2. The summed E-state index contributed by atoms with van der Waals surface area (Å²) in [5.41, 5.74) is 0.607. The summed E-state index contributed by atoms with van der Waals surface area (Å²) in [7, 11) is -3.44. The molecule has 29 heavy (non-hydrogen) atoms. The number of fused-ring (bicyclic) bond motifs is 1. The zero-order chi connectivity index (χ0) is 20.6. The molecule has 2 heterocycles. The van der Waals surface area contributed by atoms with E-state index in [2.05, 4.69) is 0 Å². The number of hydrogen-bond acceptors (Lipinski definition) is 5. The van der Waals surface area contributed by atoms with Crippen LogP contribution < -0.4 is 0 Å². The summed E-state index contributed by atoms with van der Waals surface area (Å²) < 4.78 is 25.5. The number of rotatable bonds is 4. The molecule has 150 valence electrons. The van der Waals surface area contributed by atoms with Crippen molar-refractivity contribution in [2.75, 3.05) is 19.6 Å². The molecule has 0 aromatic heterocycles. The quantitative estimate of drug-likeness (QED) is 0.714. The predicted octanol–water partition coefficient (Wildman–Crippen LogP) is 1.75. The molecular weight excluding hydrogens is 392 g/mol. The van der Waals surface area contributed by atoms with Crippen LogP contribution in [0.25, 0.3) is 0 Å². The zero-order valence-electron chi connectivity index (χ0n) is 15.7. The van der Waals surface area contributed by atoms with Gasteiger partial charge in [0.1, 0.15) is 6.54 Å². The first-order valence-corrected chi connectivity index (χ1v) is 11.0. The van der Waals surface area contributed by atoms with Gasteiger partial charge in [-0.1, -0.05) is 30.3 Å². The van der Waals surface area contributed by atoms with Crippen LogP contribution in [0.15, 0.2) is 59.5 Å². The van der Waals surface area contributed by atoms with Crippen LogP contribution in [0.5, 0.6) is 0 Å².